The minimum atomic E-state index is -0.619. The summed E-state index contributed by atoms with van der Waals surface area (Å²) >= 11 is 0. The van der Waals surface area contributed by atoms with Crippen LogP contribution in [0.2, 0.25) is 0 Å². The number of fused-ring (bicyclic) bond motifs is 17. The number of hydrogen-bond donors (Lipinski definition) is 0. The van der Waals surface area contributed by atoms with Crippen LogP contribution in [0.4, 0.5) is 34.1 Å². The first-order valence-corrected chi connectivity index (χ1v) is 42.3. The summed E-state index contributed by atoms with van der Waals surface area (Å²) in [5, 5.41) is 11.0. The molecule has 2 aliphatic carbocycles. The van der Waals surface area contributed by atoms with Gasteiger partial charge in [0, 0.05) is 66.6 Å². The molecule has 6 nitrogen and oxygen atoms in total. The van der Waals surface area contributed by atoms with Crippen molar-refractivity contribution >= 4 is 127 Å². The Morgan fingerprint density at radius 2 is 0.764 bits per heavy atom. The van der Waals surface area contributed by atoms with Gasteiger partial charge in [0.15, 0.2) is 0 Å². The van der Waals surface area contributed by atoms with Crippen molar-refractivity contribution in [2.75, 3.05) is 9.80 Å². The number of hydrogen-bond acceptors (Lipinski definition) is 6. The predicted molar refractivity (Wildman–Crippen MR) is 508 cm³/mol. The number of para-hydroxylation sites is 3. The van der Waals surface area contributed by atoms with Gasteiger partial charge in [-0.2, -0.15) is 0 Å². The minimum absolute atomic E-state index is 0.00425. The van der Waals surface area contributed by atoms with Gasteiger partial charge in [-0.15, -0.1) is 0 Å². The van der Waals surface area contributed by atoms with E-state index in [9.17, 15) is 0 Å². The van der Waals surface area contributed by atoms with E-state index in [0.717, 1.165) is 177 Å². The Morgan fingerprint density at radius 1 is 0.252 bits per heavy atom. The first-order chi connectivity index (χ1) is 60.9. The summed E-state index contributed by atoms with van der Waals surface area (Å²) in [5.41, 5.74) is 32.7. The number of nitrogens with zero attached hydrogens (tertiary/aromatic N) is 2. The van der Waals surface area contributed by atoms with Crippen molar-refractivity contribution < 1.29 is 18.0 Å². The van der Waals surface area contributed by atoms with Gasteiger partial charge in [-0.3, -0.25) is 0 Å². The van der Waals surface area contributed by atoms with Crippen LogP contribution in [-0.4, -0.2) is 6.10 Å². The molecule has 2 atom stereocenters. The zero-order chi connectivity index (χ0) is 80.8. The van der Waals surface area contributed by atoms with Gasteiger partial charge in [0.25, 0.3) is 0 Å². The summed E-state index contributed by atoms with van der Waals surface area (Å²) in [6.45, 7) is 0. The number of rotatable bonds is 14. The fourth-order valence-electron chi connectivity index (χ4n) is 20.5. The number of allylic oxidation sites excluding steroid dienone is 2. The molecule has 3 aromatic heterocycles. The number of anilines is 6. The first kappa shape index (κ1) is 70.0. The molecule has 0 N–H and O–H groups in total. The highest BCUT2D eigenvalue weighted by Gasteiger charge is 2.47. The Kier molecular flexibility index (Phi) is 16.0. The van der Waals surface area contributed by atoms with Crippen LogP contribution in [0.3, 0.4) is 0 Å². The summed E-state index contributed by atoms with van der Waals surface area (Å²) in [6.07, 6.45) is 6.76. The van der Waals surface area contributed by atoms with Crippen molar-refractivity contribution in [2.24, 2.45) is 0 Å². The zero-order valence-electron chi connectivity index (χ0n) is 66.8. The van der Waals surface area contributed by atoms with Gasteiger partial charge >= 0.3 is 0 Å². The molecule has 0 amide bonds. The smallest absolute Gasteiger partial charge is 0.137 e. The summed E-state index contributed by atoms with van der Waals surface area (Å²) in [5.74, 6) is 0.909. The lowest BCUT2D eigenvalue weighted by Crippen LogP contribution is -2.28. The molecule has 19 aromatic carbocycles. The van der Waals surface area contributed by atoms with Gasteiger partial charge in [0.1, 0.15) is 45.4 Å². The number of furan rings is 3. The van der Waals surface area contributed by atoms with E-state index in [1.807, 2.05) is 0 Å². The molecule has 576 valence electrons. The molecule has 4 heterocycles. The van der Waals surface area contributed by atoms with Crippen LogP contribution >= 0.6 is 0 Å². The molecule has 3 aliphatic rings. The second-order valence-corrected chi connectivity index (χ2v) is 32.8. The van der Waals surface area contributed by atoms with E-state index in [-0.39, 0.29) is 12.0 Å². The molecule has 2 unspecified atom stereocenters. The van der Waals surface area contributed by atoms with Gasteiger partial charge in [0.2, 0.25) is 0 Å². The van der Waals surface area contributed by atoms with Crippen LogP contribution in [-0.2, 0) is 5.41 Å². The molecule has 123 heavy (non-hydrogen) atoms. The molecule has 22 aromatic rings. The molecule has 0 radical (unpaired) electrons. The molecule has 0 saturated carbocycles. The third-order valence-corrected chi connectivity index (χ3v) is 26.0. The second kappa shape index (κ2) is 28.1. The standard InChI is InChI=1S/C117H74N2O4/c1-4-24-73(25-5-1)76-28-20-29-77(64-76)74-50-56-87(57-51-74)118(103-41-17-13-34-90(103)83-55-63-107-98(68-83)99-66-78-26-10-11-27-79(78)69-112(99)121-107)88-58-52-75(53-59-88)91-38-21-45-108-114(91)97-61-54-82(70-111(97)122-108)80-48-49-81-67-100-113(71-84(81)65-80)123-109-46-22-39-95(115(100)109)94-36-14-18-42-104(94)119(105-43-23-47-110-116(105)96-37-15-19-44-106(96)120-110)89-60-62-93-92-35-12-16-40-101(92)117(102(93)72-89,85-30-6-2-7-31-85)86-32-8-3-9-33-86/h1-72,97,111H. The topological polar surface area (TPSA) is 55.1 Å². The van der Waals surface area contributed by atoms with Gasteiger partial charge in [-0.05, 0) is 244 Å². The van der Waals surface area contributed by atoms with Crippen molar-refractivity contribution in [1.82, 2.24) is 0 Å². The summed E-state index contributed by atoms with van der Waals surface area (Å²) in [6, 6.07) is 152. The minimum Gasteiger partial charge on any atom is -0.485 e. The molecule has 0 bridgehead atoms. The first-order valence-electron chi connectivity index (χ1n) is 42.3. The maximum absolute atomic E-state index is 7.06. The fourth-order valence-corrected chi connectivity index (χ4v) is 20.5. The Hall–Kier alpha value is -16.0. The zero-order valence-corrected chi connectivity index (χ0v) is 66.8. The summed E-state index contributed by atoms with van der Waals surface area (Å²) in [7, 11) is 0. The third-order valence-electron chi connectivity index (χ3n) is 26.0. The van der Waals surface area contributed by atoms with E-state index in [1.54, 1.807) is 0 Å². The molecule has 25 rings (SSSR count). The summed E-state index contributed by atoms with van der Waals surface area (Å²) in [4.78, 5) is 4.88. The Balaban J connectivity index is 0.548. The molecule has 0 spiro atoms. The molecular weight excluding hydrogens is 1500 g/mol. The fraction of sp³-hybridized carbons (Fsp3) is 0.0256. The van der Waals surface area contributed by atoms with E-state index >= 15 is 0 Å². The lowest BCUT2D eigenvalue weighted by molar-refractivity contribution is 0.269. The van der Waals surface area contributed by atoms with Gasteiger partial charge < -0.3 is 27.8 Å². The van der Waals surface area contributed by atoms with Gasteiger partial charge in [-0.1, -0.05) is 303 Å². The lowest BCUT2D eigenvalue weighted by Gasteiger charge is -2.35. The van der Waals surface area contributed by atoms with Crippen molar-refractivity contribution in [1.29, 1.82) is 0 Å². The molecule has 0 saturated heterocycles. The van der Waals surface area contributed by atoms with E-state index in [0.29, 0.717) is 0 Å². The van der Waals surface area contributed by atoms with E-state index in [4.69, 9.17) is 18.0 Å². The SMILES string of the molecule is C1=CC2c3c(cccc3-c3ccc(N(c4ccc(-c5cccc(-c6ccccc6)c5)cc4)c4ccccc4-c4ccc5oc6cc7ccccc7cc6c5c4)cc3)OC2C=C1c1ccc2cc3c(cc2c1)oc1cccc(-c2ccccc2N(c2ccc4c(c2)C(c2ccccc2)(c2ccccc2)c2ccccc2-4)c2cccc4oc5ccccc5c24)c13. The van der Waals surface area contributed by atoms with E-state index in [1.165, 1.54) is 55.5 Å². The lowest BCUT2D eigenvalue weighted by atomic mass is 9.67. The Bertz CT molecular complexity index is 8070. The molecule has 1 aliphatic heterocycles. The number of benzene rings is 19. The largest absolute Gasteiger partial charge is 0.485 e. The van der Waals surface area contributed by atoms with Gasteiger partial charge in [-0.25, -0.2) is 0 Å². The predicted octanol–water partition coefficient (Wildman–Crippen LogP) is 31.8. The van der Waals surface area contributed by atoms with Crippen LogP contribution in [0.15, 0.2) is 450 Å². The normalized spacial score (nSPS) is 14.3. The van der Waals surface area contributed by atoms with Crippen molar-refractivity contribution in [3.8, 4) is 72.5 Å². The maximum Gasteiger partial charge on any atom is 0.137 e. The molecule has 0 fully saturated rings. The third kappa shape index (κ3) is 11.3. The summed E-state index contributed by atoms with van der Waals surface area (Å²) < 4.78 is 27.4. The van der Waals surface area contributed by atoms with E-state index in [2.05, 4.69) is 447 Å². The van der Waals surface area contributed by atoms with Crippen LogP contribution in [0.5, 0.6) is 5.75 Å². The Morgan fingerprint density at radius 3 is 1.55 bits per heavy atom. The highest BCUT2D eigenvalue weighted by atomic mass is 16.5. The monoisotopic (exact) mass is 1570 g/mol. The van der Waals surface area contributed by atoms with Crippen molar-refractivity contribution in [3.63, 3.8) is 0 Å². The van der Waals surface area contributed by atoms with Crippen LogP contribution < -0.4 is 14.5 Å². The van der Waals surface area contributed by atoms with Crippen LogP contribution in [0, 0.1) is 0 Å². The maximum atomic E-state index is 7.06. The Labute approximate surface area is 710 Å². The van der Waals surface area contributed by atoms with E-state index < -0.39 is 5.41 Å². The van der Waals surface area contributed by atoms with Crippen molar-refractivity contribution in [3.05, 3.63) is 470 Å². The van der Waals surface area contributed by atoms with Crippen LogP contribution in [0.25, 0.3) is 160 Å². The average Bonchev–Trinajstić information content (AvgIpc) is 1.53. The van der Waals surface area contributed by atoms with Gasteiger partial charge in [0.05, 0.1) is 27.9 Å². The highest BCUT2D eigenvalue weighted by molar-refractivity contribution is 6.19. The average molecular weight is 1570 g/mol. The quantitative estimate of drug-likeness (QED) is 0.108. The second-order valence-electron chi connectivity index (χ2n) is 32.8. The van der Waals surface area contributed by atoms with Crippen LogP contribution in [0.1, 0.15) is 39.3 Å². The molecule has 6 heteroatoms. The molecular formula is C117H74N2O4. The number of ether oxygens (including phenoxy) is 1. The highest BCUT2D eigenvalue weighted by Crippen LogP contribution is 2.59. The van der Waals surface area contributed by atoms with Crippen molar-refractivity contribution in [2.45, 2.75) is 17.4 Å².